The largest absolute Gasteiger partial charge is 0.459 e. The Morgan fingerprint density at radius 3 is 2.20 bits per heavy atom. The van der Waals surface area contributed by atoms with Gasteiger partial charge >= 0.3 is 12.0 Å². The fourth-order valence-electron chi connectivity index (χ4n) is 7.11. The quantitative estimate of drug-likeness (QED) is 0.235. The van der Waals surface area contributed by atoms with E-state index in [1.807, 2.05) is 46.7 Å². The van der Waals surface area contributed by atoms with Gasteiger partial charge in [-0.15, -0.1) is 0 Å². The number of nitrogens with zero attached hydrogens (tertiary/aromatic N) is 2. The fraction of sp³-hybridized carbons (Fsp3) is 0.939. The van der Waals surface area contributed by atoms with Crippen molar-refractivity contribution in [2.45, 2.75) is 161 Å². The zero-order chi connectivity index (χ0) is 35.5. The van der Waals surface area contributed by atoms with Crippen molar-refractivity contribution in [1.82, 2.24) is 15.1 Å². The Morgan fingerprint density at radius 2 is 1.67 bits per heavy atom. The molecule has 46 heavy (non-hydrogen) atoms. The molecular weight excluding hydrogens is 598 g/mol. The fourth-order valence-corrected chi connectivity index (χ4v) is 7.11. The molecule has 0 aromatic rings. The average Bonchev–Trinajstić information content (AvgIpc) is 2.95. The molecule has 2 aliphatic heterocycles. The van der Waals surface area contributed by atoms with E-state index >= 15 is 0 Å². The lowest BCUT2D eigenvalue weighted by molar-refractivity contribution is -0.299. The van der Waals surface area contributed by atoms with Crippen LogP contribution in [0.15, 0.2) is 0 Å². The summed E-state index contributed by atoms with van der Waals surface area (Å²) in [4.78, 5) is 30.2. The molecule has 2 heterocycles. The van der Waals surface area contributed by atoms with Crippen LogP contribution in [0, 0.1) is 17.8 Å². The number of ether oxygens (including phenoxy) is 3. The van der Waals surface area contributed by atoms with Gasteiger partial charge in [-0.1, -0.05) is 20.8 Å². The summed E-state index contributed by atoms with van der Waals surface area (Å²) < 4.78 is 18.2. The third kappa shape index (κ3) is 9.52. The minimum atomic E-state index is -1.95. The van der Waals surface area contributed by atoms with E-state index in [-0.39, 0.29) is 43.5 Å². The minimum absolute atomic E-state index is 0.0747. The van der Waals surface area contributed by atoms with E-state index in [9.17, 15) is 35.1 Å². The molecule has 0 saturated carbocycles. The lowest BCUT2D eigenvalue weighted by atomic mass is 9.78. The number of amides is 2. The first-order valence-corrected chi connectivity index (χ1v) is 16.8. The van der Waals surface area contributed by atoms with E-state index < -0.39 is 77.9 Å². The summed E-state index contributed by atoms with van der Waals surface area (Å²) in [6.07, 6.45) is -6.86. The van der Waals surface area contributed by atoms with Gasteiger partial charge in [0.25, 0.3) is 0 Å². The molecule has 13 heteroatoms. The number of hydrogen-bond donors (Lipinski definition) is 6. The Bertz CT molecular complexity index is 995. The number of carbonyl (C=O) groups is 2. The van der Waals surface area contributed by atoms with Crippen LogP contribution in [0.25, 0.3) is 0 Å². The molecular formula is C33H63N3O10. The summed E-state index contributed by atoms with van der Waals surface area (Å²) in [5, 5.41) is 60.8. The number of urea groups is 1. The molecule has 0 aromatic carbocycles. The van der Waals surface area contributed by atoms with Crippen molar-refractivity contribution >= 4 is 12.0 Å². The van der Waals surface area contributed by atoms with E-state index in [1.165, 1.54) is 18.7 Å². The van der Waals surface area contributed by atoms with E-state index in [0.29, 0.717) is 6.42 Å². The van der Waals surface area contributed by atoms with Crippen LogP contribution in [0.1, 0.15) is 88.5 Å². The van der Waals surface area contributed by atoms with Crippen LogP contribution in [0.4, 0.5) is 4.79 Å². The Morgan fingerprint density at radius 1 is 1.09 bits per heavy atom. The van der Waals surface area contributed by atoms with Crippen molar-refractivity contribution in [2.75, 3.05) is 20.6 Å². The molecule has 2 rings (SSSR count). The van der Waals surface area contributed by atoms with E-state index in [0.717, 1.165) is 0 Å². The Labute approximate surface area is 275 Å². The van der Waals surface area contributed by atoms with Crippen LogP contribution in [0.5, 0.6) is 0 Å². The van der Waals surface area contributed by atoms with Crippen LogP contribution >= 0.6 is 0 Å². The smallest absolute Gasteiger partial charge is 0.317 e. The summed E-state index contributed by atoms with van der Waals surface area (Å²) in [6.45, 7) is 16.8. The monoisotopic (exact) mass is 661 g/mol. The highest BCUT2D eigenvalue weighted by Gasteiger charge is 2.50. The molecule has 6 N–H and O–H groups in total. The summed E-state index contributed by atoms with van der Waals surface area (Å²) in [5.41, 5.74) is -3.61. The van der Waals surface area contributed by atoms with Crippen LogP contribution in [-0.2, 0) is 19.0 Å². The van der Waals surface area contributed by atoms with Crippen molar-refractivity contribution in [2.24, 2.45) is 17.8 Å². The number of hydrogen-bond acceptors (Lipinski definition) is 11. The lowest BCUT2D eigenvalue weighted by Crippen LogP contribution is -2.62. The zero-order valence-electron chi connectivity index (χ0n) is 30.0. The third-order valence-corrected chi connectivity index (χ3v) is 9.84. The third-order valence-electron chi connectivity index (χ3n) is 9.84. The summed E-state index contributed by atoms with van der Waals surface area (Å²) in [7, 11) is 3.70. The number of cyclic esters (lactones) is 1. The first-order valence-electron chi connectivity index (χ1n) is 16.8. The molecule has 0 radical (unpaired) electrons. The first-order chi connectivity index (χ1) is 21.1. The van der Waals surface area contributed by atoms with Crippen LogP contribution in [0.2, 0.25) is 0 Å². The molecule has 0 aliphatic carbocycles. The van der Waals surface area contributed by atoms with Gasteiger partial charge in [-0.25, -0.2) is 4.79 Å². The van der Waals surface area contributed by atoms with Gasteiger partial charge in [-0.3, -0.25) is 4.79 Å². The highest BCUT2D eigenvalue weighted by molar-refractivity contribution is 5.75. The second-order valence-corrected chi connectivity index (χ2v) is 14.9. The second-order valence-electron chi connectivity index (χ2n) is 14.9. The van der Waals surface area contributed by atoms with Gasteiger partial charge in [0.05, 0.1) is 35.9 Å². The summed E-state index contributed by atoms with van der Waals surface area (Å²) in [6, 6.07) is -1.89. The average molecular weight is 662 g/mol. The van der Waals surface area contributed by atoms with Crippen molar-refractivity contribution in [3.8, 4) is 0 Å². The number of aliphatic hydroxyl groups excluding tert-OH is 3. The predicted octanol–water partition coefficient (Wildman–Crippen LogP) is 1.46. The molecule has 2 amide bonds. The number of aliphatic hydroxyl groups is 5. The van der Waals surface area contributed by atoms with E-state index in [2.05, 4.69) is 5.32 Å². The van der Waals surface area contributed by atoms with Crippen LogP contribution in [-0.4, -0.2) is 140 Å². The predicted molar refractivity (Wildman–Crippen MR) is 173 cm³/mol. The molecule has 270 valence electrons. The van der Waals surface area contributed by atoms with E-state index in [1.54, 1.807) is 27.7 Å². The van der Waals surface area contributed by atoms with Crippen molar-refractivity contribution in [1.29, 1.82) is 0 Å². The van der Waals surface area contributed by atoms with Crippen molar-refractivity contribution < 1.29 is 49.3 Å². The SMILES string of the molecule is CC[C@H]1OC(=O)[C@H](C)C(O)[C@H](C)[C@@H](O[C@@H]2O[C@H](C)C[C@H](N(C)C)[C@H]2O)C(C)(O)C[C@@H](C)CN(C(=O)NC(C)C)[C@H](C)[C@@H](O)[C@]1(C)O. The Kier molecular flexibility index (Phi) is 14.3. The van der Waals surface area contributed by atoms with E-state index in [4.69, 9.17) is 14.2 Å². The highest BCUT2D eigenvalue weighted by Crippen LogP contribution is 2.36. The molecule has 2 fully saturated rings. The number of nitrogens with one attached hydrogen (secondary N) is 1. The molecule has 2 unspecified atom stereocenters. The molecule has 13 nitrogen and oxygen atoms in total. The number of rotatable bonds is 5. The normalized spacial score (nSPS) is 44.0. The molecule has 0 bridgehead atoms. The zero-order valence-corrected chi connectivity index (χ0v) is 30.0. The maximum absolute atomic E-state index is 13.5. The molecule has 14 atom stereocenters. The van der Waals surface area contributed by atoms with Gasteiger partial charge in [0, 0.05) is 24.5 Å². The molecule has 0 spiro atoms. The second kappa shape index (κ2) is 16.2. The van der Waals surface area contributed by atoms with Gasteiger partial charge in [-0.05, 0) is 87.7 Å². The maximum atomic E-state index is 13.5. The minimum Gasteiger partial charge on any atom is -0.459 e. The number of likely N-dealkylation sites (N-methyl/N-ethyl adjacent to an activating group) is 1. The number of esters is 1. The molecule has 2 aliphatic rings. The number of carbonyl (C=O) groups excluding carboxylic acids is 2. The lowest BCUT2D eigenvalue weighted by Gasteiger charge is -2.46. The Balaban J connectivity index is 2.64. The Hall–Kier alpha value is -1.58. The van der Waals surface area contributed by atoms with Crippen molar-refractivity contribution in [3.63, 3.8) is 0 Å². The molecule has 0 aromatic heterocycles. The highest BCUT2D eigenvalue weighted by atomic mass is 16.7. The van der Waals surface area contributed by atoms with Crippen LogP contribution in [0.3, 0.4) is 0 Å². The van der Waals surface area contributed by atoms with Gasteiger partial charge in [0.2, 0.25) is 0 Å². The van der Waals surface area contributed by atoms with Crippen LogP contribution < -0.4 is 5.32 Å². The van der Waals surface area contributed by atoms with Gasteiger partial charge in [0.1, 0.15) is 23.9 Å². The molecule has 2 saturated heterocycles. The topological polar surface area (TPSA) is 181 Å². The summed E-state index contributed by atoms with van der Waals surface area (Å²) >= 11 is 0. The van der Waals surface area contributed by atoms with Crippen molar-refractivity contribution in [3.05, 3.63) is 0 Å². The first kappa shape index (κ1) is 40.6. The van der Waals surface area contributed by atoms with Gasteiger partial charge in [0.15, 0.2) is 6.29 Å². The van der Waals surface area contributed by atoms with Gasteiger partial charge < -0.3 is 54.9 Å². The van der Waals surface area contributed by atoms with Gasteiger partial charge in [-0.2, -0.15) is 0 Å². The summed E-state index contributed by atoms with van der Waals surface area (Å²) in [5.74, 6) is -3.17. The standard InChI is InChI=1S/C33H63N3O10/c1-13-24-33(10,43)27(39)22(8)36(31(41)34-17(2)3)16-18(4)15-32(9,42)28(20(6)25(37)21(7)29(40)45-24)46-30-26(38)23(35(11)12)14-19(5)44-30/h17-28,30,37-39,42-43H,13-16H2,1-12H3,(H,34,41)/t18-,19-,20+,21-,22-,23+,24-,25?,26-,27-,28-,30+,32?,33-/m1/s1. The maximum Gasteiger partial charge on any atom is 0.317 e.